The summed E-state index contributed by atoms with van der Waals surface area (Å²) in [6.07, 6.45) is -9.46. The predicted octanol–water partition coefficient (Wildman–Crippen LogP) is 4.84. The van der Waals surface area contributed by atoms with Gasteiger partial charge in [0.2, 0.25) is 0 Å². The summed E-state index contributed by atoms with van der Waals surface area (Å²) in [5.74, 6) is -2.33. The summed E-state index contributed by atoms with van der Waals surface area (Å²) in [5.41, 5.74) is -3.78. The second kappa shape index (κ2) is 10.1. The number of hydrogen-bond acceptors (Lipinski definition) is 5. The van der Waals surface area contributed by atoms with Crippen molar-refractivity contribution in [2.75, 3.05) is 14.2 Å². The first kappa shape index (κ1) is 26.4. The van der Waals surface area contributed by atoms with Crippen molar-refractivity contribution in [1.82, 2.24) is 15.0 Å². The summed E-state index contributed by atoms with van der Waals surface area (Å²) >= 11 is 10.6. The fourth-order valence-electron chi connectivity index (χ4n) is 1.76. The van der Waals surface area contributed by atoms with E-state index < -0.39 is 57.1 Å². The molecule has 7 nitrogen and oxygen atoms in total. The second-order valence-corrected chi connectivity index (χ2v) is 6.15. The Morgan fingerprint density at radius 3 is 1.65 bits per heavy atom. The molecule has 0 fully saturated rings. The second-order valence-electron chi connectivity index (χ2n) is 5.34. The van der Waals surface area contributed by atoms with Crippen molar-refractivity contribution in [3.05, 3.63) is 57.1 Å². The molecule has 0 aliphatic heterocycles. The topological polar surface area (TPSA) is 92.6 Å². The lowest BCUT2D eigenvalue weighted by Crippen LogP contribution is -2.27. The minimum Gasteiger partial charge on any atom is -0.477 e. The lowest BCUT2D eigenvalue weighted by atomic mass is 10.3. The normalized spacial score (nSPS) is 11.4. The van der Waals surface area contributed by atoms with Crippen molar-refractivity contribution in [3.8, 4) is 0 Å². The van der Waals surface area contributed by atoms with Crippen LogP contribution in [-0.2, 0) is 17.2 Å². The van der Waals surface area contributed by atoms with Crippen molar-refractivity contribution in [2.24, 2.45) is 0 Å². The standard InChI is InChI=1S/C9H8ClF3N2O2.C7H3ClF3NO2/c1-15(17-2)8(16)6-4-3-5(10)7(14-6)9(11,12)13;8-3-1-2-4(6(13)14)12-5(3)7(9,10)11/h3-4H,1-2H3;1-2H,(H,13,14). The largest absolute Gasteiger partial charge is 0.477 e. The number of rotatable bonds is 3. The quantitative estimate of drug-likeness (QED) is 0.485. The molecule has 0 saturated heterocycles. The molecule has 1 amide bonds. The fourth-order valence-corrected chi connectivity index (χ4v) is 2.19. The number of carboxylic acid groups (broad SMARTS) is 1. The van der Waals surface area contributed by atoms with Crippen molar-refractivity contribution < 1.29 is 45.9 Å². The highest BCUT2D eigenvalue weighted by atomic mass is 35.5. The number of carbonyl (C=O) groups is 2. The van der Waals surface area contributed by atoms with Crippen LogP contribution in [-0.4, -0.2) is 46.2 Å². The number of nitrogens with zero attached hydrogens (tertiary/aromatic N) is 3. The summed E-state index contributed by atoms with van der Waals surface area (Å²) in [6.45, 7) is 0. The molecule has 2 aromatic rings. The van der Waals surface area contributed by atoms with Crippen molar-refractivity contribution >= 4 is 35.1 Å². The van der Waals surface area contributed by atoms with Crippen LogP contribution in [0, 0.1) is 0 Å². The lowest BCUT2D eigenvalue weighted by molar-refractivity contribution is -0.142. The van der Waals surface area contributed by atoms with E-state index in [0.29, 0.717) is 0 Å². The van der Waals surface area contributed by atoms with Crippen LogP contribution in [0.15, 0.2) is 24.3 Å². The number of carboxylic acids is 1. The molecular formula is C16H11Cl2F6N3O4. The van der Waals surface area contributed by atoms with Gasteiger partial charge in [0.05, 0.1) is 17.2 Å². The minimum atomic E-state index is -4.75. The van der Waals surface area contributed by atoms with E-state index in [2.05, 4.69) is 14.8 Å². The third-order valence-corrected chi connectivity index (χ3v) is 3.84. The number of alkyl halides is 6. The fraction of sp³-hybridized carbons (Fsp3) is 0.250. The third-order valence-electron chi connectivity index (χ3n) is 3.23. The molecule has 0 unspecified atom stereocenters. The number of hydroxylamine groups is 2. The summed E-state index contributed by atoms with van der Waals surface area (Å²) in [6, 6.07) is 3.81. The Kier molecular flexibility index (Phi) is 8.61. The van der Waals surface area contributed by atoms with Crippen LogP contribution in [0.4, 0.5) is 26.3 Å². The van der Waals surface area contributed by atoms with Gasteiger partial charge in [0.1, 0.15) is 11.4 Å². The monoisotopic (exact) mass is 493 g/mol. The van der Waals surface area contributed by atoms with Gasteiger partial charge in [-0.25, -0.2) is 19.8 Å². The number of aromatic nitrogens is 2. The van der Waals surface area contributed by atoms with Crippen molar-refractivity contribution in [2.45, 2.75) is 12.4 Å². The predicted molar refractivity (Wildman–Crippen MR) is 94.6 cm³/mol. The Balaban J connectivity index is 0.000000316. The Bertz CT molecular complexity index is 969. The molecule has 15 heteroatoms. The van der Waals surface area contributed by atoms with Gasteiger partial charge in [-0.3, -0.25) is 9.63 Å². The van der Waals surface area contributed by atoms with E-state index in [9.17, 15) is 35.9 Å². The van der Waals surface area contributed by atoms with Crippen molar-refractivity contribution in [1.29, 1.82) is 0 Å². The van der Waals surface area contributed by atoms with Gasteiger partial charge in [0, 0.05) is 7.05 Å². The molecule has 0 atom stereocenters. The first-order chi connectivity index (χ1) is 14.1. The summed E-state index contributed by atoms with van der Waals surface area (Å²) in [7, 11) is 2.46. The van der Waals surface area contributed by atoms with Crippen molar-refractivity contribution in [3.63, 3.8) is 0 Å². The van der Waals surface area contributed by atoms with E-state index in [1.807, 2.05) is 0 Å². The number of carbonyl (C=O) groups excluding carboxylic acids is 1. The maximum Gasteiger partial charge on any atom is 0.434 e. The van der Waals surface area contributed by atoms with Crippen LogP contribution in [0.3, 0.4) is 0 Å². The molecule has 0 spiro atoms. The highest BCUT2D eigenvalue weighted by molar-refractivity contribution is 6.31. The zero-order valence-electron chi connectivity index (χ0n) is 15.3. The van der Waals surface area contributed by atoms with Gasteiger partial charge in [0.15, 0.2) is 11.4 Å². The molecule has 2 rings (SSSR count). The maximum atomic E-state index is 12.5. The summed E-state index contributed by atoms with van der Waals surface area (Å²) < 4.78 is 73.9. The molecule has 2 aromatic heterocycles. The molecule has 0 aromatic carbocycles. The molecule has 170 valence electrons. The number of pyridine rings is 2. The van der Waals surface area contributed by atoms with Crippen LogP contribution in [0.2, 0.25) is 10.0 Å². The number of aromatic carboxylic acids is 1. The molecular weight excluding hydrogens is 483 g/mol. The SMILES string of the molecule is CON(C)C(=O)c1ccc(Cl)c(C(F)(F)F)n1.O=C(O)c1ccc(Cl)c(C(F)(F)F)n1. The molecule has 0 aliphatic rings. The maximum absolute atomic E-state index is 12.5. The first-order valence-electron chi connectivity index (χ1n) is 7.62. The highest BCUT2D eigenvalue weighted by Crippen LogP contribution is 2.34. The molecule has 2 heterocycles. The Morgan fingerprint density at radius 1 is 0.903 bits per heavy atom. The molecule has 31 heavy (non-hydrogen) atoms. The van der Waals surface area contributed by atoms with Crippen LogP contribution in [0.25, 0.3) is 0 Å². The van der Waals surface area contributed by atoms with Gasteiger partial charge >= 0.3 is 18.3 Å². The molecule has 0 radical (unpaired) electrons. The van der Waals surface area contributed by atoms with Crippen LogP contribution in [0.1, 0.15) is 32.4 Å². The smallest absolute Gasteiger partial charge is 0.434 e. The summed E-state index contributed by atoms with van der Waals surface area (Å²) in [5, 5.41) is 7.97. The first-order valence-corrected chi connectivity index (χ1v) is 8.38. The number of halogens is 8. The van der Waals surface area contributed by atoms with Crippen LogP contribution < -0.4 is 0 Å². The van der Waals surface area contributed by atoms with E-state index in [1.54, 1.807) is 0 Å². The highest BCUT2D eigenvalue weighted by Gasteiger charge is 2.37. The minimum absolute atomic E-state index is 0.397. The van der Waals surface area contributed by atoms with E-state index in [0.717, 1.165) is 29.3 Å². The zero-order chi connectivity index (χ0) is 24.1. The number of amides is 1. The molecule has 0 aliphatic carbocycles. The molecule has 0 bridgehead atoms. The lowest BCUT2D eigenvalue weighted by Gasteiger charge is -2.14. The van der Waals surface area contributed by atoms with E-state index >= 15 is 0 Å². The zero-order valence-corrected chi connectivity index (χ0v) is 16.9. The van der Waals surface area contributed by atoms with Crippen LogP contribution in [0.5, 0.6) is 0 Å². The van der Waals surface area contributed by atoms with Crippen LogP contribution >= 0.6 is 23.2 Å². The average Bonchev–Trinajstić information content (AvgIpc) is 2.66. The average molecular weight is 494 g/mol. The number of hydrogen-bond donors (Lipinski definition) is 1. The van der Waals surface area contributed by atoms with E-state index in [4.69, 9.17) is 28.3 Å². The van der Waals surface area contributed by atoms with E-state index in [-0.39, 0.29) is 0 Å². The third kappa shape index (κ3) is 7.22. The van der Waals surface area contributed by atoms with Gasteiger partial charge in [-0.05, 0) is 24.3 Å². The summed E-state index contributed by atoms with van der Waals surface area (Å²) in [4.78, 5) is 32.4. The van der Waals surface area contributed by atoms with Gasteiger partial charge in [0.25, 0.3) is 5.91 Å². The van der Waals surface area contributed by atoms with Gasteiger partial charge in [-0.15, -0.1) is 0 Å². The van der Waals surface area contributed by atoms with E-state index in [1.165, 1.54) is 14.2 Å². The Morgan fingerprint density at radius 2 is 1.29 bits per heavy atom. The van der Waals surface area contributed by atoms with Gasteiger partial charge < -0.3 is 5.11 Å². The van der Waals surface area contributed by atoms with Gasteiger partial charge in [-0.2, -0.15) is 26.3 Å². The Labute approximate surface area is 180 Å². The van der Waals surface area contributed by atoms with Gasteiger partial charge in [-0.1, -0.05) is 23.2 Å². The molecule has 1 N–H and O–H groups in total. The molecule has 0 saturated carbocycles. The Hall–Kier alpha value is -2.64.